The minimum absolute atomic E-state index is 0.175. The van der Waals surface area contributed by atoms with Crippen molar-refractivity contribution < 1.29 is 9.84 Å². The Balaban J connectivity index is 1.96. The molecule has 3 heteroatoms. The fourth-order valence-electron chi connectivity index (χ4n) is 2.59. The van der Waals surface area contributed by atoms with Crippen molar-refractivity contribution in [2.75, 3.05) is 13.7 Å². The Bertz CT molecular complexity index is 648. The van der Waals surface area contributed by atoms with Gasteiger partial charge < -0.3 is 9.84 Å². The van der Waals surface area contributed by atoms with Gasteiger partial charge in [-0.2, -0.15) is 0 Å². The van der Waals surface area contributed by atoms with Crippen LogP contribution in [0.3, 0.4) is 0 Å². The van der Waals surface area contributed by atoms with Gasteiger partial charge in [-0.05, 0) is 29.7 Å². The van der Waals surface area contributed by atoms with Gasteiger partial charge in [0.15, 0.2) is 11.5 Å². The molecule has 0 amide bonds. The lowest BCUT2D eigenvalue weighted by Gasteiger charge is -2.18. The van der Waals surface area contributed by atoms with Crippen molar-refractivity contribution in [2.24, 2.45) is 4.99 Å². The highest BCUT2D eigenvalue weighted by molar-refractivity contribution is 6.04. The molecule has 0 fully saturated rings. The summed E-state index contributed by atoms with van der Waals surface area (Å²) in [5, 5.41) is 9.97. The van der Waals surface area contributed by atoms with Crippen LogP contribution in [0.2, 0.25) is 0 Å². The van der Waals surface area contributed by atoms with Crippen LogP contribution in [0.1, 0.15) is 16.7 Å². The molecular formula is C17H17NO2. The van der Waals surface area contributed by atoms with Crippen LogP contribution >= 0.6 is 0 Å². The van der Waals surface area contributed by atoms with E-state index in [1.54, 1.807) is 13.2 Å². The number of rotatable bonds is 3. The number of hydrogen-bond acceptors (Lipinski definition) is 3. The Morgan fingerprint density at radius 2 is 2.00 bits per heavy atom. The molecule has 3 rings (SSSR count). The smallest absolute Gasteiger partial charge is 0.160 e. The number of hydrogen-bond donors (Lipinski definition) is 1. The monoisotopic (exact) mass is 267 g/mol. The van der Waals surface area contributed by atoms with Gasteiger partial charge in [-0.1, -0.05) is 30.3 Å². The van der Waals surface area contributed by atoms with Crippen LogP contribution in [0.4, 0.5) is 0 Å². The fraction of sp³-hybridized carbons (Fsp3) is 0.235. The molecular weight excluding hydrogens is 250 g/mol. The van der Waals surface area contributed by atoms with Crippen LogP contribution in [0.5, 0.6) is 11.5 Å². The Hall–Kier alpha value is -2.29. The molecule has 0 unspecified atom stereocenters. The van der Waals surface area contributed by atoms with Crippen LogP contribution in [-0.2, 0) is 12.8 Å². The predicted octanol–water partition coefficient (Wildman–Crippen LogP) is 2.99. The normalized spacial score (nSPS) is 13.6. The number of fused-ring (bicyclic) bond motifs is 1. The maximum atomic E-state index is 9.97. The summed E-state index contributed by atoms with van der Waals surface area (Å²) >= 11 is 0. The van der Waals surface area contributed by atoms with Crippen molar-refractivity contribution in [1.29, 1.82) is 0 Å². The zero-order valence-corrected chi connectivity index (χ0v) is 11.5. The second-order valence-corrected chi connectivity index (χ2v) is 4.92. The summed E-state index contributed by atoms with van der Waals surface area (Å²) in [5.41, 5.74) is 4.50. The summed E-state index contributed by atoms with van der Waals surface area (Å²) in [4.78, 5) is 4.63. The highest BCUT2D eigenvalue weighted by Gasteiger charge is 2.17. The number of phenols is 1. The molecule has 0 bridgehead atoms. The zero-order valence-electron chi connectivity index (χ0n) is 11.5. The summed E-state index contributed by atoms with van der Waals surface area (Å²) in [5.74, 6) is 0.707. The highest BCUT2D eigenvalue weighted by Crippen LogP contribution is 2.32. The third-order valence-corrected chi connectivity index (χ3v) is 3.61. The van der Waals surface area contributed by atoms with E-state index < -0.39 is 0 Å². The molecule has 1 heterocycles. The zero-order chi connectivity index (χ0) is 13.9. The van der Waals surface area contributed by atoms with Gasteiger partial charge >= 0.3 is 0 Å². The Morgan fingerprint density at radius 3 is 2.75 bits per heavy atom. The number of ether oxygens (including phenoxy) is 1. The van der Waals surface area contributed by atoms with Gasteiger partial charge in [0.25, 0.3) is 0 Å². The molecule has 0 atom stereocenters. The molecule has 20 heavy (non-hydrogen) atoms. The fourth-order valence-corrected chi connectivity index (χ4v) is 2.59. The molecule has 2 aromatic carbocycles. The van der Waals surface area contributed by atoms with Gasteiger partial charge in [0.05, 0.1) is 7.11 Å². The summed E-state index contributed by atoms with van der Waals surface area (Å²) in [6.45, 7) is 0.795. The van der Waals surface area contributed by atoms with E-state index in [2.05, 4.69) is 17.1 Å². The maximum Gasteiger partial charge on any atom is 0.160 e. The average molecular weight is 267 g/mol. The second kappa shape index (κ2) is 5.37. The predicted molar refractivity (Wildman–Crippen MR) is 79.9 cm³/mol. The van der Waals surface area contributed by atoms with Crippen LogP contribution in [0.15, 0.2) is 47.5 Å². The van der Waals surface area contributed by atoms with E-state index in [1.165, 1.54) is 11.1 Å². The molecule has 0 radical (unpaired) electrons. The standard InChI is InChI=1S/C17H17NO2/c1-20-17-10-13-7-8-18-15(14(13)11-16(17)19)9-12-5-3-2-4-6-12/h2-6,10-11,19H,7-9H2,1H3. The van der Waals surface area contributed by atoms with Crippen LogP contribution in [-0.4, -0.2) is 24.5 Å². The summed E-state index contributed by atoms with van der Waals surface area (Å²) in [7, 11) is 1.57. The lowest BCUT2D eigenvalue weighted by atomic mass is 9.93. The molecule has 0 spiro atoms. The van der Waals surface area contributed by atoms with Crippen molar-refractivity contribution in [1.82, 2.24) is 0 Å². The molecule has 3 nitrogen and oxygen atoms in total. The molecule has 0 saturated carbocycles. The van der Waals surface area contributed by atoms with Crippen molar-refractivity contribution >= 4 is 5.71 Å². The SMILES string of the molecule is COc1cc2c(cc1O)C(Cc1ccccc1)=NCC2. The number of benzene rings is 2. The maximum absolute atomic E-state index is 9.97. The van der Waals surface area contributed by atoms with Gasteiger partial charge in [0.2, 0.25) is 0 Å². The molecule has 102 valence electrons. The minimum Gasteiger partial charge on any atom is -0.504 e. The van der Waals surface area contributed by atoms with E-state index >= 15 is 0 Å². The Kier molecular flexibility index (Phi) is 3.42. The molecule has 0 aromatic heterocycles. The van der Waals surface area contributed by atoms with Gasteiger partial charge in [0, 0.05) is 24.2 Å². The number of aliphatic imine (C=N–C) groups is 1. The van der Waals surface area contributed by atoms with E-state index in [4.69, 9.17) is 4.74 Å². The number of nitrogens with zero attached hydrogens (tertiary/aromatic N) is 1. The molecule has 1 N–H and O–H groups in total. The number of phenolic OH excluding ortho intramolecular Hbond substituents is 1. The van der Waals surface area contributed by atoms with Crippen molar-refractivity contribution in [3.05, 3.63) is 59.2 Å². The van der Waals surface area contributed by atoms with Gasteiger partial charge in [-0.25, -0.2) is 0 Å². The van der Waals surface area contributed by atoms with E-state index in [0.29, 0.717) is 5.75 Å². The van der Waals surface area contributed by atoms with Gasteiger partial charge in [0.1, 0.15) is 0 Å². The topological polar surface area (TPSA) is 41.8 Å². The molecule has 1 aliphatic rings. The molecule has 0 aliphatic carbocycles. The van der Waals surface area contributed by atoms with E-state index in [-0.39, 0.29) is 5.75 Å². The minimum atomic E-state index is 0.175. The summed E-state index contributed by atoms with van der Waals surface area (Å²) in [6.07, 6.45) is 1.68. The molecule has 0 saturated heterocycles. The Morgan fingerprint density at radius 1 is 1.20 bits per heavy atom. The summed E-state index contributed by atoms with van der Waals surface area (Å²) in [6, 6.07) is 14.0. The van der Waals surface area contributed by atoms with Crippen molar-refractivity contribution in [3.8, 4) is 11.5 Å². The number of aromatic hydroxyl groups is 1. The lowest BCUT2D eigenvalue weighted by Crippen LogP contribution is -2.15. The van der Waals surface area contributed by atoms with Crippen LogP contribution in [0.25, 0.3) is 0 Å². The van der Waals surface area contributed by atoms with Gasteiger partial charge in [-0.15, -0.1) is 0 Å². The Labute approximate surface area is 118 Å². The first-order valence-electron chi connectivity index (χ1n) is 6.75. The number of methoxy groups -OCH3 is 1. The van der Waals surface area contributed by atoms with E-state index in [0.717, 1.165) is 30.7 Å². The summed E-state index contributed by atoms with van der Waals surface area (Å²) < 4.78 is 5.17. The average Bonchev–Trinajstić information content (AvgIpc) is 2.48. The van der Waals surface area contributed by atoms with E-state index in [9.17, 15) is 5.11 Å². The van der Waals surface area contributed by atoms with Crippen LogP contribution in [0, 0.1) is 0 Å². The van der Waals surface area contributed by atoms with Gasteiger partial charge in [-0.3, -0.25) is 4.99 Å². The van der Waals surface area contributed by atoms with Crippen molar-refractivity contribution in [3.63, 3.8) is 0 Å². The lowest BCUT2D eigenvalue weighted by molar-refractivity contribution is 0.373. The quantitative estimate of drug-likeness (QED) is 0.929. The first kappa shape index (κ1) is 12.7. The van der Waals surface area contributed by atoms with Crippen LogP contribution < -0.4 is 4.74 Å². The first-order valence-corrected chi connectivity index (χ1v) is 6.75. The second-order valence-electron chi connectivity index (χ2n) is 4.92. The third-order valence-electron chi connectivity index (χ3n) is 3.61. The largest absolute Gasteiger partial charge is 0.504 e. The highest BCUT2D eigenvalue weighted by atomic mass is 16.5. The molecule has 2 aromatic rings. The van der Waals surface area contributed by atoms with Crippen molar-refractivity contribution in [2.45, 2.75) is 12.8 Å². The third kappa shape index (κ3) is 2.39. The van der Waals surface area contributed by atoms with E-state index in [1.807, 2.05) is 24.3 Å². The first-order chi connectivity index (χ1) is 9.78. The molecule has 1 aliphatic heterocycles.